The topological polar surface area (TPSA) is 71.3 Å². The maximum Gasteiger partial charge on any atom is 0.321 e. The number of nitrogens with zero attached hydrogens (tertiary/aromatic N) is 3. The van der Waals surface area contributed by atoms with E-state index in [2.05, 4.69) is 15.5 Å². The largest absolute Gasteiger partial charge is 0.339 e. The number of carbonyl (C=O) groups excluding carboxylic acids is 1. The van der Waals surface area contributed by atoms with Crippen LogP contribution in [0.1, 0.15) is 35.8 Å². The van der Waals surface area contributed by atoms with E-state index in [4.69, 9.17) is 16.1 Å². The number of urea groups is 1. The number of benzene rings is 2. The molecule has 4 rings (SSSR count). The maximum absolute atomic E-state index is 12.7. The summed E-state index contributed by atoms with van der Waals surface area (Å²) in [5.74, 6) is 1.19. The molecular weight excluding hydrogens is 388 g/mol. The van der Waals surface area contributed by atoms with Crippen molar-refractivity contribution in [1.29, 1.82) is 0 Å². The van der Waals surface area contributed by atoms with E-state index in [0.29, 0.717) is 35.5 Å². The molecule has 0 saturated carbocycles. The first-order chi connectivity index (χ1) is 14.0. The Morgan fingerprint density at radius 2 is 2.10 bits per heavy atom. The zero-order valence-corrected chi connectivity index (χ0v) is 17.2. The van der Waals surface area contributed by atoms with E-state index in [-0.39, 0.29) is 11.9 Å². The van der Waals surface area contributed by atoms with Crippen LogP contribution in [0.3, 0.4) is 0 Å². The monoisotopic (exact) mass is 410 g/mol. The van der Waals surface area contributed by atoms with Gasteiger partial charge in [0.2, 0.25) is 11.7 Å². The fraction of sp³-hybridized carbons (Fsp3) is 0.318. The molecule has 1 aliphatic rings. The van der Waals surface area contributed by atoms with Crippen molar-refractivity contribution in [2.24, 2.45) is 0 Å². The van der Waals surface area contributed by atoms with Crippen LogP contribution in [0, 0.1) is 13.8 Å². The molecule has 0 bridgehead atoms. The Morgan fingerprint density at radius 3 is 2.90 bits per heavy atom. The first-order valence-corrected chi connectivity index (χ1v) is 10.1. The van der Waals surface area contributed by atoms with Crippen molar-refractivity contribution in [3.8, 4) is 11.4 Å². The van der Waals surface area contributed by atoms with E-state index < -0.39 is 0 Å². The molecule has 0 aliphatic carbocycles. The van der Waals surface area contributed by atoms with Crippen LogP contribution in [-0.4, -0.2) is 34.2 Å². The number of nitrogens with one attached hydrogen (secondary N) is 1. The van der Waals surface area contributed by atoms with Crippen molar-refractivity contribution in [3.05, 3.63) is 64.5 Å². The molecule has 1 N–H and O–H groups in total. The molecule has 2 aromatic carbocycles. The molecule has 3 aromatic rings. The van der Waals surface area contributed by atoms with E-state index in [1.165, 1.54) is 0 Å². The summed E-state index contributed by atoms with van der Waals surface area (Å²) in [6.07, 6.45) is 1.80. The number of halogens is 1. The van der Waals surface area contributed by atoms with Crippen molar-refractivity contribution >= 4 is 23.3 Å². The maximum atomic E-state index is 12.7. The Hall–Kier alpha value is -2.86. The summed E-state index contributed by atoms with van der Waals surface area (Å²) < 4.78 is 5.54. The van der Waals surface area contributed by atoms with Crippen LogP contribution in [-0.2, 0) is 0 Å². The standard InChI is InChI=1S/C22H23ClN4O2/c1-14-5-3-6-16(11-14)20-25-21(29-26-20)17-7-4-10-27(13-17)22(28)24-18-9-8-15(2)19(23)12-18/h3,5-6,8-9,11-12,17H,4,7,10,13H2,1-2H3,(H,24,28)/t17-/m1/s1. The molecule has 0 spiro atoms. The summed E-state index contributed by atoms with van der Waals surface area (Å²) in [4.78, 5) is 19.1. The molecule has 1 aliphatic heterocycles. The van der Waals surface area contributed by atoms with Gasteiger partial charge in [-0.2, -0.15) is 4.98 Å². The Labute approximate surface area is 174 Å². The number of hydrogen-bond donors (Lipinski definition) is 1. The predicted octanol–water partition coefficient (Wildman–Crippen LogP) is 5.42. The minimum Gasteiger partial charge on any atom is -0.339 e. The molecule has 0 radical (unpaired) electrons. The Bertz CT molecular complexity index is 1030. The molecule has 0 unspecified atom stereocenters. The van der Waals surface area contributed by atoms with Gasteiger partial charge >= 0.3 is 6.03 Å². The minimum atomic E-state index is -0.145. The van der Waals surface area contributed by atoms with Crippen LogP contribution >= 0.6 is 11.6 Å². The van der Waals surface area contributed by atoms with Crippen molar-refractivity contribution in [1.82, 2.24) is 15.0 Å². The van der Waals surface area contributed by atoms with E-state index >= 15 is 0 Å². The molecule has 1 fully saturated rings. The number of rotatable bonds is 3. The van der Waals surface area contributed by atoms with Gasteiger partial charge in [0.05, 0.1) is 5.92 Å². The number of carbonyl (C=O) groups is 1. The molecule has 29 heavy (non-hydrogen) atoms. The zero-order valence-electron chi connectivity index (χ0n) is 16.5. The van der Waals surface area contributed by atoms with E-state index in [9.17, 15) is 4.79 Å². The third-order valence-electron chi connectivity index (χ3n) is 5.20. The van der Waals surface area contributed by atoms with E-state index in [1.807, 2.05) is 50.2 Å². The van der Waals surface area contributed by atoms with E-state index in [0.717, 1.165) is 29.5 Å². The first-order valence-electron chi connectivity index (χ1n) is 9.72. The van der Waals surface area contributed by atoms with Crippen LogP contribution in [0.15, 0.2) is 47.0 Å². The quantitative estimate of drug-likeness (QED) is 0.625. The average Bonchev–Trinajstić information content (AvgIpc) is 3.21. The van der Waals surface area contributed by atoms with Crippen molar-refractivity contribution in [2.75, 3.05) is 18.4 Å². The highest BCUT2D eigenvalue weighted by Gasteiger charge is 2.29. The number of amides is 2. The van der Waals surface area contributed by atoms with Gasteiger partial charge in [0.25, 0.3) is 0 Å². The number of likely N-dealkylation sites (tertiary alicyclic amines) is 1. The highest BCUT2D eigenvalue weighted by atomic mass is 35.5. The first kappa shape index (κ1) is 19.5. The normalized spacial score (nSPS) is 16.7. The number of aromatic nitrogens is 2. The molecule has 1 saturated heterocycles. The summed E-state index contributed by atoms with van der Waals surface area (Å²) in [5.41, 5.74) is 3.74. The molecule has 1 aromatic heterocycles. The van der Waals surface area contributed by atoms with Gasteiger partial charge in [-0.1, -0.05) is 46.6 Å². The SMILES string of the molecule is Cc1cccc(-c2noc([C@@H]3CCCN(C(=O)Nc4ccc(C)c(Cl)c4)C3)n2)c1. The number of anilines is 1. The van der Waals surface area contributed by atoms with Crippen LogP contribution in [0.2, 0.25) is 5.02 Å². The zero-order chi connectivity index (χ0) is 20.4. The van der Waals surface area contributed by atoms with Crippen LogP contribution in [0.25, 0.3) is 11.4 Å². The number of aryl methyl sites for hydroxylation is 2. The lowest BCUT2D eigenvalue weighted by Gasteiger charge is -2.31. The third kappa shape index (κ3) is 4.43. The lowest BCUT2D eigenvalue weighted by atomic mass is 9.98. The lowest BCUT2D eigenvalue weighted by molar-refractivity contribution is 0.184. The van der Waals surface area contributed by atoms with Gasteiger partial charge in [-0.3, -0.25) is 0 Å². The van der Waals surface area contributed by atoms with Crippen molar-refractivity contribution in [2.45, 2.75) is 32.6 Å². The molecule has 2 amide bonds. The van der Waals surface area contributed by atoms with Gasteiger partial charge in [0.15, 0.2) is 0 Å². The van der Waals surface area contributed by atoms with Crippen LogP contribution in [0.4, 0.5) is 10.5 Å². The van der Waals surface area contributed by atoms with Gasteiger partial charge in [-0.15, -0.1) is 0 Å². The van der Waals surface area contributed by atoms with Crippen molar-refractivity contribution < 1.29 is 9.32 Å². The van der Waals surface area contributed by atoms with Gasteiger partial charge in [0, 0.05) is 29.4 Å². The van der Waals surface area contributed by atoms with Gasteiger partial charge in [-0.25, -0.2) is 4.79 Å². The van der Waals surface area contributed by atoms with Crippen LogP contribution < -0.4 is 5.32 Å². The summed E-state index contributed by atoms with van der Waals surface area (Å²) in [7, 11) is 0. The van der Waals surface area contributed by atoms with Gasteiger partial charge in [-0.05, 0) is 50.5 Å². The Morgan fingerprint density at radius 1 is 1.24 bits per heavy atom. The Kier molecular flexibility index (Phi) is 5.53. The van der Waals surface area contributed by atoms with Gasteiger partial charge in [0.1, 0.15) is 0 Å². The highest BCUT2D eigenvalue weighted by Crippen LogP contribution is 2.28. The number of piperidine rings is 1. The molecule has 2 heterocycles. The minimum absolute atomic E-state index is 0.0298. The predicted molar refractivity (Wildman–Crippen MR) is 113 cm³/mol. The summed E-state index contributed by atoms with van der Waals surface area (Å²) in [5, 5.41) is 7.70. The van der Waals surface area contributed by atoms with Crippen molar-refractivity contribution in [3.63, 3.8) is 0 Å². The molecular formula is C22H23ClN4O2. The second-order valence-corrected chi connectivity index (χ2v) is 7.91. The lowest BCUT2D eigenvalue weighted by Crippen LogP contribution is -2.41. The van der Waals surface area contributed by atoms with Crippen LogP contribution in [0.5, 0.6) is 0 Å². The van der Waals surface area contributed by atoms with E-state index in [1.54, 1.807) is 11.0 Å². The van der Waals surface area contributed by atoms with Gasteiger partial charge < -0.3 is 14.7 Å². The fourth-order valence-electron chi connectivity index (χ4n) is 3.54. The summed E-state index contributed by atoms with van der Waals surface area (Å²) in [6, 6.07) is 13.4. The second-order valence-electron chi connectivity index (χ2n) is 7.50. The molecule has 150 valence electrons. The Balaban J connectivity index is 1.44. The summed E-state index contributed by atoms with van der Waals surface area (Å²) >= 11 is 6.16. The third-order valence-corrected chi connectivity index (χ3v) is 5.61. The average molecular weight is 411 g/mol. The summed E-state index contributed by atoms with van der Waals surface area (Å²) in [6.45, 7) is 5.20. The molecule has 1 atom stereocenters. The molecule has 6 nitrogen and oxygen atoms in total. The number of hydrogen-bond acceptors (Lipinski definition) is 4. The fourth-order valence-corrected chi connectivity index (χ4v) is 3.72. The molecule has 7 heteroatoms. The second kappa shape index (κ2) is 8.25. The highest BCUT2D eigenvalue weighted by molar-refractivity contribution is 6.31. The smallest absolute Gasteiger partial charge is 0.321 e.